The van der Waals surface area contributed by atoms with E-state index in [1.54, 1.807) is 0 Å². The van der Waals surface area contributed by atoms with Gasteiger partial charge < -0.3 is 4.90 Å². The maximum Gasteiger partial charge on any atom is 0.416 e. The zero-order chi connectivity index (χ0) is 21.9. The lowest BCUT2D eigenvalue weighted by Crippen LogP contribution is -2.50. The van der Waals surface area contributed by atoms with E-state index in [0.717, 1.165) is 22.5 Å². The average molecular weight is 442 g/mol. The fraction of sp³-hybridized carbons (Fsp3) is 0.250. The van der Waals surface area contributed by atoms with Gasteiger partial charge in [-0.3, -0.25) is 4.79 Å². The minimum atomic E-state index is -4.65. The van der Waals surface area contributed by atoms with Gasteiger partial charge in [0.05, 0.1) is 10.5 Å². The van der Waals surface area contributed by atoms with E-state index in [1.807, 2.05) is 0 Å². The topological polar surface area (TPSA) is 57.7 Å². The molecule has 0 saturated carbocycles. The third-order valence-electron chi connectivity index (χ3n) is 4.64. The van der Waals surface area contributed by atoms with E-state index in [2.05, 4.69) is 0 Å². The molecular formula is C20H18F4N2O3S. The highest BCUT2D eigenvalue weighted by Gasteiger charge is 2.34. The molecule has 1 amide bonds. The summed E-state index contributed by atoms with van der Waals surface area (Å²) in [6.07, 6.45) is -1.81. The quantitative estimate of drug-likeness (QED) is 0.539. The SMILES string of the molecule is O=C(/C=C/c1ccc(F)cc1)N1CCN(S(=O)(=O)c2cccc(C(F)(F)F)c2)CC1. The first-order valence-corrected chi connectivity index (χ1v) is 10.4. The molecule has 0 bridgehead atoms. The molecule has 1 saturated heterocycles. The van der Waals surface area contributed by atoms with Crippen LogP contribution >= 0.6 is 0 Å². The summed E-state index contributed by atoms with van der Waals surface area (Å²) in [5.41, 5.74) is -0.404. The smallest absolute Gasteiger partial charge is 0.337 e. The Kier molecular flexibility index (Phi) is 6.27. The zero-order valence-electron chi connectivity index (χ0n) is 15.6. The lowest BCUT2D eigenvalue weighted by atomic mass is 10.2. The van der Waals surface area contributed by atoms with E-state index in [0.29, 0.717) is 11.6 Å². The molecule has 10 heteroatoms. The molecule has 1 aliphatic rings. The highest BCUT2D eigenvalue weighted by atomic mass is 32.2. The van der Waals surface area contributed by atoms with Crippen LogP contribution in [-0.4, -0.2) is 49.7 Å². The fourth-order valence-electron chi connectivity index (χ4n) is 2.98. The van der Waals surface area contributed by atoms with Crippen molar-refractivity contribution in [2.24, 2.45) is 0 Å². The Balaban J connectivity index is 1.64. The Morgan fingerprint density at radius 2 is 1.60 bits per heavy atom. The van der Waals surface area contributed by atoms with Crippen LogP contribution < -0.4 is 0 Å². The Morgan fingerprint density at radius 3 is 2.20 bits per heavy atom. The van der Waals surface area contributed by atoms with Gasteiger partial charge in [-0.1, -0.05) is 18.2 Å². The Bertz CT molecular complexity index is 1040. The first-order chi connectivity index (χ1) is 14.1. The molecule has 5 nitrogen and oxygen atoms in total. The summed E-state index contributed by atoms with van der Waals surface area (Å²) in [4.78, 5) is 13.3. The second-order valence-corrected chi connectivity index (χ2v) is 8.58. The third kappa shape index (κ3) is 5.06. The van der Waals surface area contributed by atoms with E-state index < -0.39 is 32.5 Å². The Hall–Kier alpha value is -2.72. The Labute approximate surface area is 171 Å². The number of benzene rings is 2. The summed E-state index contributed by atoms with van der Waals surface area (Å²) in [5.74, 6) is -0.730. The molecule has 160 valence electrons. The number of hydrogen-bond acceptors (Lipinski definition) is 3. The van der Waals surface area contributed by atoms with Crippen LogP contribution in [0.4, 0.5) is 17.6 Å². The monoisotopic (exact) mass is 442 g/mol. The summed E-state index contributed by atoms with van der Waals surface area (Å²) in [6.45, 7) is 0.138. The van der Waals surface area contributed by atoms with E-state index >= 15 is 0 Å². The lowest BCUT2D eigenvalue weighted by molar-refractivity contribution is -0.137. The van der Waals surface area contributed by atoms with Gasteiger partial charge in [-0.05, 0) is 42.0 Å². The number of halogens is 4. The number of alkyl halides is 3. The first kappa shape index (κ1) is 22.0. The molecule has 0 unspecified atom stereocenters. The molecule has 0 spiro atoms. The predicted octanol–water partition coefficient (Wildman–Crippen LogP) is 3.39. The molecule has 0 N–H and O–H groups in total. The van der Waals surface area contributed by atoms with Crippen molar-refractivity contribution in [2.45, 2.75) is 11.1 Å². The summed E-state index contributed by atoms with van der Waals surface area (Å²) >= 11 is 0. The summed E-state index contributed by atoms with van der Waals surface area (Å²) in [7, 11) is -4.11. The van der Waals surface area contributed by atoms with Crippen molar-refractivity contribution < 1.29 is 30.8 Å². The summed E-state index contributed by atoms with van der Waals surface area (Å²) in [6, 6.07) is 9.14. The molecule has 1 heterocycles. The fourth-order valence-corrected chi connectivity index (χ4v) is 4.45. The standard InChI is InChI=1S/C20H18F4N2O3S/c21-17-7-4-15(5-8-17)6-9-19(27)25-10-12-26(13-11-25)30(28,29)18-3-1-2-16(14-18)20(22,23)24/h1-9,14H,10-13H2/b9-6+. The number of carbonyl (C=O) groups is 1. The van der Waals surface area contributed by atoms with Gasteiger partial charge in [0.2, 0.25) is 15.9 Å². The second kappa shape index (κ2) is 8.57. The minimum Gasteiger partial charge on any atom is -0.337 e. The number of piperazine rings is 1. The number of amides is 1. The average Bonchev–Trinajstić information content (AvgIpc) is 2.72. The van der Waals surface area contributed by atoms with Crippen molar-refractivity contribution in [3.63, 3.8) is 0 Å². The largest absolute Gasteiger partial charge is 0.416 e. The molecule has 0 radical (unpaired) electrons. The van der Waals surface area contributed by atoms with Crippen molar-refractivity contribution in [1.29, 1.82) is 0 Å². The van der Waals surface area contributed by atoms with Crippen LogP contribution in [-0.2, 0) is 21.0 Å². The molecule has 3 rings (SSSR count). The van der Waals surface area contributed by atoms with Gasteiger partial charge in [-0.2, -0.15) is 17.5 Å². The number of nitrogens with zero attached hydrogens (tertiary/aromatic N) is 2. The predicted molar refractivity (Wildman–Crippen MR) is 102 cm³/mol. The molecule has 2 aromatic carbocycles. The molecule has 0 atom stereocenters. The highest BCUT2D eigenvalue weighted by molar-refractivity contribution is 7.89. The van der Waals surface area contributed by atoms with Crippen molar-refractivity contribution in [3.8, 4) is 0 Å². The molecule has 1 aliphatic heterocycles. The van der Waals surface area contributed by atoms with Crippen LogP contribution in [0.3, 0.4) is 0 Å². The van der Waals surface area contributed by atoms with Crippen molar-refractivity contribution in [1.82, 2.24) is 9.21 Å². The maximum absolute atomic E-state index is 12.9. The van der Waals surface area contributed by atoms with Gasteiger partial charge in [0.1, 0.15) is 5.82 Å². The summed E-state index contributed by atoms with van der Waals surface area (Å²) in [5, 5.41) is 0. The highest BCUT2D eigenvalue weighted by Crippen LogP contribution is 2.31. The number of hydrogen-bond donors (Lipinski definition) is 0. The zero-order valence-corrected chi connectivity index (χ0v) is 16.5. The lowest BCUT2D eigenvalue weighted by Gasteiger charge is -2.33. The normalized spacial score (nSPS) is 16.2. The maximum atomic E-state index is 12.9. The molecule has 0 aliphatic carbocycles. The molecule has 0 aromatic heterocycles. The first-order valence-electron chi connectivity index (χ1n) is 8.97. The number of carbonyl (C=O) groups excluding carboxylic acids is 1. The van der Waals surface area contributed by atoms with Crippen LogP contribution in [0, 0.1) is 5.82 Å². The van der Waals surface area contributed by atoms with Gasteiger partial charge in [-0.15, -0.1) is 0 Å². The second-order valence-electron chi connectivity index (χ2n) is 6.64. The van der Waals surface area contributed by atoms with E-state index in [4.69, 9.17) is 0 Å². The molecular weight excluding hydrogens is 424 g/mol. The van der Waals surface area contributed by atoms with Crippen LogP contribution in [0.1, 0.15) is 11.1 Å². The van der Waals surface area contributed by atoms with Gasteiger partial charge in [0.15, 0.2) is 0 Å². The van der Waals surface area contributed by atoms with Gasteiger partial charge in [-0.25, -0.2) is 12.8 Å². The number of sulfonamides is 1. The Morgan fingerprint density at radius 1 is 0.967 bits per heavy atom. The molecule has 2 aromatic rings. The van der Waals surface area contributed by atoms with Gasteiger partial charge in [0.25, 0.3) is 0 Å². The minimum absolute atomic E-state index is 0.0330. The summed E-state index contributed by atoms with van der Waals surface area (Å²) < 4.78 is 78.0. The van der Waals surface area contributed by atoms with Crippen LogP contribution in [0.25, 0.3) is 6.08 Å². The number of rotatable bonds is 4. The van der Waals surface area contributed by atoms with E-state index in [-0.39, 0.29) is 32.1 Å². The van der Waals surface area contributed by atoms with Crippen LogP contribution in [0.2, 0.25) is 0 Å². The molecule has 30 heavy (non-hydrogen) atoms. The third-order valence-corrected chi connectivity index (χ3v) is 6.53. The van der Waals surface area contributed by atoms with E-state index in [1.165, 1.54) is 41.3 Å². The van der Waals surface area contributed by atoms with Gasteiger partial charge >= 0.3 is 6.18 Å². The van der Waals surface area contributed by atoms with Crippen LogP contribution in [0.5, 0.6) is 0 Å². The van der Waals surface area contributed by atoms with Crippen molar-refractivity contribution >= 4 is 22.0 Å². The van der Waals surface area contributed by atoms with Crippen LogP contribution in [0.15, 0.2) is 59.5 Å². The molecule has 1 fully saturated rings. The van der Waals surface area contributed by atoms with Crippen molar-refractivity contribution in [2.75, 3.05) is 26.2 Å². The van der Waals surface area contributed by atoms with Crippen molar-refractivity contribution in [3.05, 3.63) is 71.6 Å². The van der Waals surface area contributed by atoms with E-state index in [9.17, 15) is 30.8 Å². The van der Waals surface area contributed by atoms with Gasteiger partial charge in [0, 0.05) is 32.3 Å².